The van der Waals surface area contributed by atoms with Crippen LogP contribution in [0.3, 0.4) is 0 Å². The van der Waals surface area contributed by atoms with Crippen LogP contribution in [0.5, 0.6) is 0 Å². The molecule has 3 aromatic rings. The zero-order chi connectivity index (χ0) is 18.7. The van der Waals surface area contributed by atoms with Crippen LogP contribution in [-0.2, 0) is 10.0 Å². The molecule has 0 fully saturated rings. The van der Waals surface area contributed by atoms with Crippen molar-refractivity contribution in [3.05, 3.63) is 65.6 Å². The Kier molecular flexibility index (Phi) is 5.32. The quantitative estimate of drug-likeness (QED) is 0.611. The van der Waals surface area contributed by atoms with E-state index >= 15 is 0 Å². The van der Waals surface area contributed by atoms with Gasteiger partial charge in [-0.15, -0.1) is 0 Å². The molecule has 2 aromatic carbocycles. The van der Waals surface area contributed by atoms with Crippen molar-refractivity contribution in [1.29, 1.82) is 0 Å². The van der Waals surface area contributed by atoms with Crippen LogP contribution in [0.15, 0.2) is 48.7 Å². The molecule has 4 nitrogen and oxygen atoms in total. The van der Waals surface area contributed by atoms with Crippen molar-refractivity contribution in [1.82, 2.24) is 4.98 Å². The summed E-state index contributed by atoms with van der Waals surface area (Å²) in [5, 5.41) is 0.948. The van der Waals surface area contributed by atoms with Crippen LogP contribution in [0.25, 0.3) is 10.9 Å². The maximum Gasteiger partial charge on any atom is 0.229 e. The molecule has 3 rings (SSSR count). The van der Waals surface area contributed by atoms with Gasteiger partial charge in [0.05, 0.1) is 17.5 Å². The summed E-state index contributed by atoms with van der Waals surface area (Å²) >= 11 is 0. The summed E-state index contributed by atoms with van der Waals surface area (Å²) in [6.07, 6.45) is 6.01. The van der Waals surface area contributed by atoms with E-state index in [2.05, 4.69) is 16.6 Å². The topological polar surface area (TPSA) is 62.0 Å². The zero-order valence-electron chi connectivity index (χ0n) is 14.9. The van der Waals surface area contributed by atoms with Gasteiger partial charge in [0.15, 0.2) is 0 Å². The fourth-order valence-electron chi connectivity index (χ4n) is 3.38. The molecule has 0 bridgehead atoms. The van der Waals surface area contributed by atoms with Gasteiger partial charge >= 0.3 is 0 Å². The van der Waals surface area contributed by atoms with Gasteiger partial charge in [-0.2, -0.15) is 0 Å². The Balaban J connectivity index is 2.10. The van der Waals surface area contributed by atoms with Crippen LogP contribution < -0.4 is 4.72 Å². The van der Waals surface area contributed by atoms with Gasteiger partial charge < -0.3 is 4.98 Å². The number of H-pyrrole nitrogens is 1. The van der Waals surface area contributed by atoms with Crippen LogP contribution in [0, 0.1) is 5.82 Å². The van der Waals surface area contributed by atoms with Crippen molar-refractivity contribution in [3.8, 4) is 0 Å². The maximum atomic E-state index is 13.8. The number of sulfonamides is 1. The van der Waals surface area contributed by atoms with Crippen LogP contribution in [0.2, 0.25) is 0 Å². The van der Waals surface area contributed by atoms with Gasteiger partial charge in [-0.05, 0) is 35.7 Å². The van der Waals surface area contributed by atoms with Crippen LogP contribution in [0.1, 0.15) is 43.2 Å². The molecule has 1 unspecified atom stereocenters. The smallest absolute Gasteiger partial charge is 0.229 e. The Morgan fingerprint density at radius 1 is 1.19 bits per heavy atom. The highest BCUT2D eigenvalue weighted by Crippen LogP contribution is 2.36. The van der Waals surface area contributed by atoms with E-state index < -0.39 is 10.0 Å². The van der Waals surface area contributed by atoms with Gasteiger partial charge in [-0.3, -0.25) is 4.72 Å². The fourth-order valence-corrected chi connectivity index (χ4v) is 3.95. The molecule has 0 saturated carbocycles. The summed E-state index contributed by atoms with van der Waals surface area (Å²) in [6, 6.07) is 12.2. The molecule has 0 amide bonds. The first kappa shape index (κ1) is 18.5. The predicted molar refractivity (Wildman–Crippen MR) is 105 cm³/mol. The van der Waals surface area contributed by atoms with E-state index in [1.807, 2.05) is 24.4 Å². The molecule has 1 heterocycles. The average Bonchev–Trinajstić information content (AvgIpc) is 2.99. The third-order valence-electron chi connectivity index (χ3n) is 4.52. The molecule has 6 heteroatoms. The Hall–Kier alpha value is -2.34. The molecule has 0 aliphatic heterocycles. The summed E-state index contributed by atoms with van der Waals surface area (Å²) in [7, 11) is -3.37. The number of unbranched alkanes of at least 4 members (excludes halogenated alkanes) is 1. The highest BCUT2D eigenvalue weighted by Gasteiger charge is 2.19. The Bertz CT molecular complexity index is 1010. The first-order valence-corrected chi connectivity index (χ1v) is 10.6. The number of benzene rings is 2. The molecule has 26 heavy (non-hydrogen) atoms. The highest BCUT2D eigenvalue weighted by molar-refractivity contribution is 7.92. The number of halogens is 1. The first-order valence-electron chi connectivity index (χ1n) is 8.72. The molecular weight excluding hydrogens is 351 g/mol. The third-order valence-corrected chi connectivity index (χ3v) is 5.11. The average molecular weight is 374 g/mol. The molecule has 0 aliphatic rings. The van der Waals surface area contributed by atoms with Gasteiger partial charge in [-0.1, -0.05) is 44.0 Å². The van der Waals surface area contributed by atoms with Gasteiger partial charge in [0.25, 0.3) is 0 Å². The monoisotopic (exact) mass is 374 g/mol. The molecule has 0 saturated heterocycles. The summed E-state index contributed by atoms with van der Waals surface area (Å²) in [4.78, 5) is 3.20. The van der Waals surface area contributed by atoms with E-state index in [0.29, 0.717) is 5.69 Å². The molecule has 1 aromatic heterocycles. The summed E-state index contributed by atoms with van der Waals surface area (Å²) in [6.45, 7) is 2.13. The summed E-state index contributed by atoms with van der Waals surface area (Å²) < 4.78 is 39.6. The standard InChI is InChI=1S/C20H23FN2O2S/c1-3-4-9-16(14-7-5-8-15(21)12-14)18-13-22-20-17(18)10-6-11-19(20)23-26(2,24)25/h5-8,10-13,16,22-23H,3-4,9H2,1-2H3. The largest absolute Gasteiger partial charge is 0.359 e. The SMILES string of the molecule is CCCCC(c1cccc(F)c1)c1c[nH]c2c(NS(C)(=O)=O)cccc12. The van der Waals surface area contributed by atoms with Crippen molar-refractivity contribution in [3.63, 3.8) is 0 Å². The minimum atomic E-state index is -3.37. The number of hydrogen-bond donors (Lipinski definition) is 2. The number of fused-ring (bicyclic) bond motifs is 1. The van der Waals surface area contributed by atoms with E-state index in [1.165, 1.54) is 6.07 Å². The van der Waals surface area contributed by atoms with Crippen molar-refractivity contribution < 1.29 is 12.8 Å². The van der Waals surface area contributed by atoms with Crippen LogP contribution in [0.4, 0.5) is 10.1 Å². The van der Waals surface area contributed by atoms with Crippen molar-refractivity contribution >= 4 is 26.6 Å². The fraction of sp³-hybridized carbons (Fsp3) is 0.300. The first-order chi connectivity index (χ1) is 12.4. The van der Waals surface area contributed by atoms with E-state index in [4.69, 9.17) is 0 Å². The predicted octanol–water partition coefficient (Wildman–Crippen LogP) is 5.00. The van der Waals surface area contributed by atoms with Gasteiger partial charge in [0.2, 0.25) is 10.0 Å². The van der Waals surface area contributed by atoms with Crippen LogP contribution in [-0.4, -0.2) is 19.7 Å². The van der Waals surface area contributed by atoms with E-state index in [-0.39, 0.29) is 11.7 Å². The number of aromatic nitrogens is 1. The lowest BCUT2D eigenvalue weighted by atomic mass is 9.87. The molecule has 1 atom stereocenters. The van der Waals surface area contributed by atoms with Gasteiger partial charge in [0.1, 0.15) is 5.82 Å². The van der Waals surface area contributed by atoms with Gasteiger partial charge in [-0.25, -0.2) is 12.8 Å². The Morgan fingerprint density at radius 3 is 2.65 bits per heavy atom. The number of anilines is 1. The van der Waals surface area contributed by atoms with E-state index in [9.17, 15) is 12.8 Å². The normalized spacial score (nSPS) is 13.0. The molecular formula is C20H23FN2O2S. The summed E-state index contributed by atoms with van der Waals surface area (Å²) in [5.74, 6) is -0.198. The summed E-state index contributed by atoms with van der Waals surface area (Å²) in [5.41, 5.74) is 3.24. The second-order valence-electron chi connectivity index (χ2n) is 6.60. The zero-order valence-corrected chi connectivity index (χ0v) is 15.7. The Labute approximate surface area is 153 Å². The lowest BCUT2D eigenvalue weighted by molar-refractivity contribution is 0.606. The lowest BCUT2D eigenvalue weighted by Gasteiger charge is -2.17. The molecule has 138 valence electrons. The number of aromatic amines is 1. The van der Waals surface area contributed by atoms with Crippen molar-refractivity contribution in [2.24, 2.45) is 0 Å². The van der Waals surface area contributed by atoms with Gasteiger partial charge in [0, 0.05) is 17.5 Å². The highest BCUT2D eigenvalue weighted by atomic mass is 32.2. The van der Waals surface area contributed by atoms with E-state index in [0.717, 1.165) is 47.5 Å². The number of nitrogens with one attached hydrogen (secondary N) is 2. The third kappa shape index (κ3) is 4.07. The number of hydrogen-bond acceptors (Lipinski definition) is 2. The maximum absolute atomic E-state index is 13.8. The second-order valence-corrected chi connectivity index (χ2v) is 8.34. The second kappa shape index (κ2) is 7.50. The van der Waals surface area contributed by atoms with E-state index in [1.54, 1.807) is 18.2 Å². The lowest BCUT2D eigenvalue weighted by Crippen LogP contribution is -2.09. The van der Waals surface area contributed by atoms with Crippen molar-refractivity contribution in [2.45, 2.75) is 32.1 Å². The molecule has 0 aliphatic carbocycles. The molecule has 0 spiro atoms. The van der Waals surface area contributed by atoms with Crippen molar-refractivity contribution in [2.75, 3.05) is 11.0 Å². The molecule has 2 N–H and O–H groups in total. The van der Waals surface area contributed by atoms with Crippen LogP contribution >= 0.6 is 0 Å². The minimum absolute atomic E-state index is 0.0490. The Morgan fingerprint density at radius 2 is 1.96 bits per heavy atom. The molecule has 0 radical (unpaired) electrons. The number of para-hydroxylation sites is 1. The number of rotatable bonds is 7. The minimum Gasteiger partial charge on any atom is -0.359 e.